The maximum absolute atomic E-state index is 15.9. The zero-order valence-electron chi connectivity index (χ0n) is 15.8. The lowest BCUT2D eigenvalue weighted by Gasteiger charge is -2.50. The number of ether oxygens (including phenoxy) is 1. The molecule has 0 spiro atoms. The molecule has 2 aliphatic heterocycles. The van der Waals surface area contributed by atoms with Crippen LogP contribution in [0.3, 0.4) is 0 Å². The van der Waals surface area contributed by atoms with Gasteiger partial charge in [-0.15, -0.1) is 0 Å². The number of rotatable bonds is 4. The van der Waals surface area contributed by atoms with Crippen molar-refractivity contribution in [3.05, 3.63) is 46.9 Å². The number of halogens is 3. The minimum atomic E-state index is -1.85. The van der Waals surface area contributed by atoms with Gasteiger partial charge in [0.2, 0.25) is 0 Å². The summed E-state index contributed by atoms with van der Waals surface area (Å²) in [6, 6.07) is 0. The Hall–Kier alpha value is -2.04. The molecular weight excluding hydrogens is 424 g/mol. The lowest BCUT2D eigenvalue weighted by Crippen LogP contribution is -2.63. The highest BCUT2D eigenvalue weighted by Crippen LogP contribution is 2.49. The first-order valence-electron chi connectivity index (χ1n) is 8.76. The molecule has 3 N–H and O–H groups in total. The second kappa shape index (κ2) is 8.37. The van der Waals surface area contributed by atoms with Crippen molar-refractivity contribution in [2.24, 2.45) is 10.7 Å². The molecular formula is C18H20ClF2N5O2S. The number of alkyl halides is 1. The van der Waals surface area contributed by atoms with Crippen LogP contribution in [-0.4, -0.2) is 50.7 Å². The molecule has 0 aromatic carbocycles. The van der Waals surface area contributed by atoms with E-state index in [1.807, 2.05) is 0 Å². The van der Waals surface area contributed by atoms with Gasteiger partial charge in [0.1, 0.15) is 16.4 Å². The molecule has 1 amide bonds. The standard InChI is InChI=1S/C18H20ClF2N5O2S/c1-10(25-15(27)13-6-24-14(19)7-23-13)3-12(5-20)18-8-28-11(2)4-17(18,21)9-29-16(22)26-18/h3,5-7,11H,4,8-9H2,1-2H3,(H2,22,26)(H,25,27)/b10-3+,12-5-/t11-,17+,18+/m0/s1. The number of hydrogen-bond donors (Lipinski definition) is 2. The van der Waals surface area contributed by atoms with Gasteiger partial charge in [-0.1, -0.05) is 23.4 Å². The van der Waals surface area contributed by atoms with Crippen LogP contribution in [0.15, 0.2) is 41.1 Å². The van der Waals surface area contributed by atoms with Crippen LogP contribution in [0.25, 0.3) is 0 Å². The first kappa shape index (κ1) is 21.7. The summed E-state index contributed by atoms with van der Waals surface area (Å²) in [7, 11) is 0. The van der Waals surface area contributed by atoms with Crippen LogP contribution in [-0.2, 0) is 4.74 Å². The van der Waals surface area contributed by atoms with Crippen molar-refractivity contribution in [1.29, 1.82) is 0 Å². The van der Waals surface area contributed by atoms with Gasteiger partial charge in [-0.2, -0.15) is 0 Å². The van der Waals surface area contributed by atoms with Gasteiger partial charge in [0.25, 0.3) is 5.91 Å². The number of amides is 1. The predicted molar refractivity (Wildman–Crippen MR) is 108 cm³/mol. The third-order valence-corrected chi connectivity index (χ3v) is 5.99. The van der Waals surface area contributed by atoms with Crippen molar-refractivity contribution in [2.45, 2.75) is 37.6 Å². The van der Waals surface area contributed by atoms with Crippen molar-refractivity contribution in [3.63, 3.8) is 0 Å². The van der Waals surface area contributed by atoms with Gasteiger partial charge < -0.3 is 15.8 Å². The second-order valence-electron chi connectivity index (χ2n) is 6.96. The van der Waals surface area contributed by atoms with Crippen LogP contribution in [0, 0.1) is 0 Å². The van der Waals surface area contributed by atoms with Gasteiger partial charge in [0.05, 0.1) is 31.4 Å². The number of nitrogens with two attached hydrogens (primary N) is 1. The molecule has 0 bridgehead atoms. The summed E-state index contributed by atoms with van der Waals surface area (Å²) in [4.78, 5) is 24.2. The number of thioether (sulfide) groups is 1. The van der Waals surface area contributed by atoms with Crippen LogP contribution < -0.4 is 11.1 Å². The molecule has 1 aromatic rings. The number of carbonyl (C=O) groups excluding carboxylic acids is 1. The lowest BCUT2D eigenvalue weighted by atomic mass is 9.72. The average Bonchev–Trinajstić information content (AvgIpc) is 2.67. The number of nitrogens with zero attached hydrogens (tertiary/aromatic N) is 3. The van der Waals surface area contributed by atoms with Crippen molar-refractivity contribution >= 4 is 34.4 Å². The number of fused-ring (bicyclic) bond motifs is 1. The quantitative estimate of drug-likeness (QED) is 0.693. The Morgan fingerprint density at radius 3 is 2.90 bits per heavy atom. The van der Waals surface area contributed by atoms with Gasteiger partial charge in [0.15, 0.2) is 10.8 Å². The zero-order valence-corrected chi connectivity index (χ0v) is 17.4. The van der Waals surface area contributed by atoms with Crippen molar-refractivity contribution < 1.29 is 18.3 Å². The Balaban J connectivity index is 1.90. The second-order valence-corrected chi connectivity index (χ2v) is 8.34. The van der Waals surface area contributed by atoms with Crippen molar-refractivity contribution in [1.82, 2.24) is 15.3 Å². The van der Waals surface area contributed by atoms with Crippen molar-refractivity contribution in [3.8, 4) is 0 Å². The Bertz CT molecular complexity index is 895. The Kier molecular flexibility index (Phi) is 6.25. The number of aliphatic imine (C=N–C) groups is 1. The van der Waals surface area contributed by atoms with Crippen LogP contribution >= 0.6 is 23.4 Å². The third-order valence-electron chi connectivity index (χ3n) is 4.81. The van der Waals surface area contributed by atoms with E-state index in [0.717, 1.165) is 11.8 Å². The zero-order chi connectivity index (χ0) is 21.2. The fourth-order valence-electron chi connectivity index (χ4n) is 3.38. The normalized spacial score (nSPS) is 30.4. The molecule has 0 unspecified atom stereocenters. The third kappa shape index (κ3) is 4.29. The SMILES string of the molecule is C/C(=C\C(=C\F)[C@]12CO[C@@H](C)C[C@@]1(F)CSC(N)=N2)NC(=O)c1cnc(Cl)cn1. The number of hydrogen-bond acceptors (Lipinski definition) is 7. The van der Waals surface area contributed by atoms with Gasteiger partial charge >= 0.3 is 0 Å². The molecule has 7 nitrogen and oxygen atoms in total. The van der Waals surface area contributed by atoms with Crippen LogP contribution in [0.5, 0.6) is 0 Å². The fourth-order valence-corrected chi connectivity index (χ4v) is 4.44. The highest BCUT2D eigenvalue weighted by atomic mass is 35.5. The summed E-state index contributed by atoms with van der Waals surface area (Å²) >= 11 is 6.75. The number of carbonyl (C=O) groups is 1. The Morgan fingerprint density at radius 1 is 1.48 bits per heavy atom. The van der Waals surface area contributed by atoms with E-state index in [-0.39, 0.29) is 58.5 Å². The summed E-state index contributed by atoms with van der Waals surface area (Å²) in [5.74, 6) is -0.534. The summed E-state index contributed by atoms with van der Waals surface area (Å²) in [5.41, 5.74) is 2.57. The summed E-state index contributed by atoms with van der Waals surface area (Å²) in [6.07, 6.45) is 3.75. The highest BCUT2D eigenvalue weighted by Gasteiger charge is 2.60. The molecule has 3 heterocycles. The van der Waals surface area contributed by atoms with E-state index in [0.29, 0.717) is 0 Å². The lowest BCUT2D eigenvalue weighted by molar-refractivity contribution is -0.0889. The monoisotopic (exact) mass is 443 g/mol. The van der Waals surface area contributed by atoms with E-state index in [4.69, 9.17) is 22.1 Å². The van der Waals surface area contributed by atoms with Gasteiger partial charge in [0, 0.05) is 23.4 Å². The smallest absolute Gasteiger partial charge is 0.275 e. The molecule has 156 valence electrons. The average molecular weight is 444 g/mol. The molecule has 1 aromatic heterocycles. The maximum atomic E-state index is 15.9. The number of nitrogens with one attached hydrogen (secondary N) is 1. The van der Waals surface area contributed by atoms with Crippen molar-refractivity contribution in [2.75, 3.05) is 12.4 Å². The first-order chi connectivity index (χ1) is 13.7. The molecule has 2 aliphatic rings. The van der Waals surface area contributed by atoms with Gasteiger partial charge in [-0.05, 0) is 19.9 Å². The molecule has 1 saturated heterocycles. The molecule has 0 saturated carbocycles. The topological polar surface area (TPSA) is 102 Å². The molecule has 3 atom stereocenters. The molecule has 0 radical (unpaired) electrons. The predicted octanol–water partition coefficient (Wildman–Crippen LogP) is 2.93. The molecule has 0 aliphatic carbocycles. The van der Waals surface area contributed by atoms with Crippen LogP contribution in [0.4, 0.5) is 8.78 Å². The largest absolute Gasteiger partial charge is 0.379 e. The summed E-state index contributed by atoms with van der Waals surface area (Å²) < 4.78 is 35.5. The van der Waals surface area contributed by atoms with E-state index < -0.39 is 17.1 Å². The van der Waals surface area contributed by atoms with E-state index in [2.05, 4.69) is 20.3 Å². The number of aromatic nitrogens is 2. The number of amidine groups is 1. The van der Waals surface area contributed by atoms with Gasteiger partial charge in [-0.3, -0.25) is 4.79 Å². The van der Waals surface area contributed by atoms with Crippen LogP contribution in [0.1, 0.15) is 30.8 Å². The minimum absolute atomic E-state index is 0.0251. The Labute approximate surface area is 175 Å². The molecule has 29 heavy (non-hydrogen) atoms. The van der Waals surface area contributed by atoms with E-state index in [1.54, 1.807) is 6.92 Å². The van der Waals surface area contributed by atoms with E-state index >= 15 is 4.39 Å². The highest BCUT2D eigenvalue weighted by molar-refractivity contribution is 8.13. The summed E-state index contributed by atoms with van der Waals surface area (Å²) in [5, 5.41) is 2.87. The molecule has 11 heteroatoms. The fraction of sp³-hybridized carbons (Fsp3) is 0.444. The maximum Gasteiger partial charge on any atom is 0.275 e. The Morgan fingerprint density at radius 2 is 2.24 bits per heavy atom. The number of allylic oxidation sites excluding steroid dienone is 1. The molecule has 1 fully saturated rings. The van der Waals surface area contributed by atoms with Crippen LogP contribution in [0.2, 0.25) is 5.15 Å². The minimum Gasteiger partial charge on any atom is -0.379 e. The van der Waals surface area contributed by atoms with E-state index in [9.17, 15) is 9.18 Å². The van der Waals surface area contributed by atoms with E-state index in [1.165, 1.54) is 25.4 Å². The molecule has 3 rings (SSSR count). The summed E-state index contributed by atoms with van der Waals surface area (Å²) in [6.45, 7) is 3.13. The van der Waals surface area contributed by atoms with Gasteiger partial charge in [-0.25, -0.2) is 23.7 Å². The first-order valence-corrected chi connectivity index (χ1v) is 10.1.